The van der Waals surface area contributed by atoms with Crippen molar-refractivity contribution in [1.29, 1.82) is 0 Å². The van der Waals surface area contributed by atoms with E-state index in [9.17, 15) is 0 Å². The van der Waals surface area contributed by atoms with E-state index in [2.05, 4.69) is 147 Å². The first-order chi connectivity index (χ1) is 17.7. The lowest BCUT2D eigenvalue weighted by atomic mass is 9.77. The van der Waals surface area contributed by atoms with Gasteiger partial charge >= 0.3 is 0 Å². The van der Waals surface area contributed by atoms with Crippen LogP contribution in [-0.4, -0.2) is 0 Å². The minimum absolute atomic E-state index is 1.23. The molecular weight excluding hydrogens is 432 g/mol. The van der Waals surface area contributed by atoms with Crippen LogP contribution < -0.4 is 0 Å². The number of fused-ring (bicyclic) bond motifs is 1. The van der Waals surface area contributed by atoms with Crippen molar-refractivity contribution in [3.63, 3.8) is 0 Å². The Morgan fingerprint density at radius 1 is 0.361 bits per heavy atom. The van der Waals surface area contributed by atoms with Crippen molar-refractivity contribution in [2.75, 3.05) is 0 Å². The van der Waals surface area contributed by atoms with E-state index in [0.29, 0.717) is 0 Å². The fraction of sp³-hybridized carbons (Fsp3) is 0.0556. The van der Waals surface area contributed by atoms with E-state index in [1.807, 2.05) is 0 Å². The fourth-order valence-electron chi connectivity index (χ4n) is 5.59. The molecule has 0 aliphatic rings. The van der Waals surface area contributed by atoms with Crippen LogP contribution in [-0.2, 0) is 0 Å². The Balaban J connectivity index is 1.94. The minimum Gasteiger partial charge on any atom is -0.0622 e. The summed E-state index contributed by atoms with van der Waals surface area (Å²) in [6.45, 7) is 4.46. The maximum atomic E-state index is 2.37. The summed E-state index contributed by atoms with van der Waals surface area (Å²) in [6.07, 6.45) is 0. The van der Waals surface area contributed by atoms with E-state index < -0.39 is 0 Å². The molecule has 0 fully saturated rings. The van der Waals surface area contributed by atoms with Gasteiger partial charge in [-0.3, -0.25) is 0 Å². The highest BCUT2D eigenvalue weighted by molar-refractivity contribution is 6.19. The third-order valence-electron chi connectivity index (χ3n) is 7.00. The largest absolute Gasteiger partial charge is 0.0622 e. The van der Waals surface area contributed by atoms with Gasteiger partial charge in [-0.15, -0.1) is 0 Å². The summed E-state index contributed by atoms with van der Waals surface area (Å²) in [7, 11) is 0. The quantitative estimate of drug-likeness (QED) is 0.245. The summed E-state index contributed by atoms with van der Waals surface area (Å²) in [5, 5.41) is 2.63. The Kier molecular flexibility index (Phi) is 5.71. The minimum atomic E-state index is 1.23. The van der Waals surface area contributed by atoms with E-state index >= 15 is 0 Å². The maximum Gasteiger partial charge on any atom is -0.00140 e. The Hall–Kier alpha value is -4.42. The van der Waals surface area contributed by atoms with Crippen LogP contribution in [0.5, 0.6) is 0 Å². The maximum absolute atomic E-state index is 2.37. The van der Waals surface area contributed by atoms with Crippen LogP contribution in [0.2, 0.25) is 0 Å². The van der Waals surface area contributed by atoms with E-state index in [-0.39, 0.29) is 0 Å². The first kappa shape index (κ1) is 22.1. The van der Waals surface area contributed by atoms with Crippen molar-refractivity contribution in [3.8, 4) is 44.5 Å². The van der Waals surface area contributed by atoms with Gasteiger partial charge in [-0.05, 0) is 74.7 Å². The summed E-state index contributed by atoms with van der Waals surface area (Å²) in [4.78, 5) is 0. The van der Waals surface area contributed by atoms with Crippen LogP contribution in [0, 0.1) is 13.8 Å². The van der Waals surface area contributed by atoms with Crippen molar-refractivity contribution < 1.29 is 0 Å². The second-order valence-corrected chi connectivity index (χ2v) is 9.47. The summed E-state index contributed by atoms with van der Waals surface area (Å²) in [5.74, 6) is 0. The number of hydrogen-bond donors (Lipinski definition) is 0. The molecule has 0 radical (unpaired) electrons. The Labute approximate surface area is 213 Å². The molecule has 0 nitrogen and oxygen atoms in total. The van der Waals surface area contributed by atoms with E-state index in [1.165, 1.54) is 66.4 Å². The zero-order valence-electron chi connectivity index (χ0n) is 20.7. The summed E-state index contributed by atoms with van der Waals surface area (Å²) < 4.78 is 0. The monoisotopic (exact) mass is 460 g/mol. The first-order valence-corrected chi connectivity index (χ1v) is 12.5. The highest BCUT2D eigenvalue weighted by Crippen LogP contribution is 2.51. The molecule has 0 heteroatoms. The smallest absolute Gasteiger partial charge is 0.00140 e. The normalized spacial score (nSPS) is 11.1. The molecule has 172 valence electrons. The van der Waals surface area contributed by atoms with Gasteiger partial charge in [-0.25, -0.2) is 0 Å². The Morgan fingerprint density at radius 2 is 0.722 bits per heavy atom. The lowest BCUT2D eigenvalue weighted by Gasteiger charge is -2.25. The van der Waals surface area contributed by atoms with Crippen LogP contribution in [0.1, 0.15) is 11.1 Å². The average molecular weight is 461 g/mol. The van der Waals surface area contributed by atoms with Gasteiger partial charge < -0.3 is 0 Å². The standard InChI is InChI=1S/C36H28/c1-25-23-26(2)32-31(24-25)33(27-15-7-3-8-16-27)35(29-19-11-5-12-20-29)36(30-21-13-6-14-22-30)34(32)28-17-9-4-10-18-28/h3-24H,1-2H3. The molecule has 0 atom stereocenters. The third kappa shape index (κ3) is 3.82. The zero-order chi connectivity index (χ0) is 24.5. The van der Waals surface area contributed by atoms with Crippen molar-refractivity contribution in [2.45, 2.75) is 13.8 Å². The van der Waals surface area contributed by atoms with Gasteiger partial charge in [0, 0.05) is 0 Å². The summed E-state index contributed by atoms with van der Waals surface area (Å²) in [5.41, 5.74) is 12.7. The van der Waals surface area contributed by atoms with Gasteiger partial charge in [-0.2, -0.15) is 0 Å². The molecule has 0 aromatic heterocycles. The van der Waals surface area contributed by atoms with Crippen LogP contribution in [0.4, 0.5) is 0 Å². The highest BCUT2D eigenvalue weighted by atomic mass is 14.3. The molecule has 0 saturated heterocycles. The molecule has 0 amide bonds. The fourth-order valence-corrected chi connectivity index (χ4v) is 5.59. The lowest BCUT2D eigenvalue weighted by Crippen LogP contribution is -1.99. The molecule has 0 heterocycles. The van der Waals surface area contributed by atoms with Gasteiger partial charge in [-0.1, -0.05) is 139 Å². The van der Waals surface area contributed by atoms with E-state index in [1.54, 1.807) is 0 Å². The molecule has 0 aliphatic heterocycles. The number of hydrogen-bond acceptors (Lipinski definition) is 0. The molecule has 6 aromatic carbocycles. The molecule has 0 saturated carbocycles. The topological polar surface area (TPSA) is 0 Å². The first-order valence-electron chi connectivity index (χ1n) is 12.5. The highest BCUT2D eigenvalue weighted by Gasteiger charge is 2.24. The van der Waals surface area contributed by atoms with Crippen molar-refractivity contribution >= 4 is 10.8 Å². The van der Waals surface area contributed by atoms with Crippen molar-refractivity contribution in [3.05, 3.63) is 145 Å². The predicted octanol–water partition coefficient (Wildman–Crippen LogP) is 10.1. The van der Waals surface area contributed by atoms with Gasteiger partial charge in [0.25, 0.3) is 0 Å². The van der Waals surface area contributed by atoms with Crippen LogP contribution in [0.15, 0.2) is 133 Å². The Morgan fingerprint density at radius 3 is 1.17 bits per heavy atom. The van der Waals surface area contributed by atoms with Crippen molar-refractivity contribution in [2.24, 2.45) is 0 Å². The molecule has 6 rings (SSSR count). The predicted molar refractivity (Wildman–Crippen MR) is 155 cm³/mol. The average Bonchev–Trinajstić information content (AvgIpc) is 2.93. The molecule has 0 aliphatic carbocycles. The van der Waals surface area contributed by atoms with Crippen molar-refractivity contribution in [1.82, 2.24) is 0 Å². The number of aryl methyl sites for hydroxylation is 2. The van der Waals surface area contributed by atoms with Crippen LogP contribution in [0.25, 0.3) is 55.3 Å². The third-order valence-corrected chi connectivity index (χ3v) is 7.00. The lowest BCUT2D eigenvalue weighted by molar-refractivity contribution is 1.42. The molecule has 36 heavy (non-hydrogen) atoms. The van der Waals surface area contributed by atoms with Gasteiger partial charge in [0.1, 0.15) is 0 Å². The van der Waals surface area contributed by atoms with Gasteiger partial charge in [0.2, 0.25) is 0 Å². The summed E-state index contributed by atoms with van der Waals surface area (Å²) >= 11 is 0. The SMILES string of the molecule is Cc1cc(C)c2c(-c3ccccc3)c(-c3ccccc3)c(-c3ccccc3)c(-c3ccccc3)c2c1. The van der Waals surface area contributed by atoms with Crippen LogP contribution >= 0.6 is 0 Å². The molecule has 6 aromatic rings. The van der Waals surface area contributed by atoms with Gasteiger partial charge in [0.05, 0.1) is 0 Å². The van der Waals surface area contributed by atoms with E-state index in [0.717, 1.165) is 0 Å². The number of rotatable bonds is 4. The second-order valence-electron chi connectivity index (χ2n) is 9.47. The second kappa shape index (κ2) is 9.32. The number of benzene rings is 6. The molecule has 0 spiro atoms. The molecule has 0 bridgehead atoms. The molecule has 0 N–H and O–H groups in total. The van der Waals surface area contributed by atoms with E-state index in [4.69, 9.17) is 0 Å². The molecular formula is C36H28. The van der Waals surface area contributed by atoms with Crippen LogP contribution in [0.3, 0.4) is 0 Å². The Bertz CT molecular complexity index is 1650. The molecule has 0 unspecified atom stereocenters. The summed E-state index contributed by atoms with van der Waals surface area (Å²) in [6, 6.07) is 48.2. The van der Waals surface area contributed by atoms with Gasteiger partial charge in [0.15, 0.2) is 0 Å². The zero-order valence-corrected chi connectivity index (χ0v) is 20.7.